The quantitative estimate of drug-likeness (QED) is 0.620. The summed E-state index contributed by atoms with van der Waals surface area (Å²) in [4.78, 5) is 2.39. The molecule has 0 aliphatic rings. The van der Waals surface area contributed by atoms with Crippen molar-refractivity contribution in [1.29, 1.82) is 0 Å². The van der Waals surface area contributed by atoms with Crippen LogP contribution in [-0.4, -0.2) is 52.0 Å². The monoisotopic (exact) mass is 339 g/mol. The van der Waals surface area contributed by atoms with Gasteiger partial charge < -0.3 is 9.47 Å². The van der Waals surface area contributed by atoms with Gasteiger partial charge in [0, 0.05) is 33.9 Å². The fourth-order valence-electron chi connectivity index (χ4n) is 2.79. The van der Waals surface area contributed by atoms with Crippen LogP contribution in [0.5, 0.6) is 0 Å². The zero-order valence-corrected chi connectivity index (χ0v) is 15.4. The molecule has 0 bridgehead atoms. The predicted octanol–water partition coefficient (Wildman–Crippen LogP) is 3.91. The van der Waals surface area contributed by atoms with E-state index in [1.54, 1.807) is 14.2 Å². The Bertz CT molecular complexity index is 602. The SMILES string of the molecule is COCCN(CCOC)C/C(=C\c1ccccc1)Cc1ccccc1. The van der Waals surface area contributed by atoms with Crippen molar-refractivity contribution in [2.24, 2.45) is 0 Å². The molecule has 134 valence electrons. The highest BCUT2D eigenvalue weighted by Crippen LogP contribution is 2.14. The van der Waals surface area contributed by atoms with Crippen LogP contribution in [0, 0.1) is 0 Å². The van der Waals surface area contributed by atoms with Crippen molar-refractivity contribution in [2.45, 2.75) is 6.42 Å². The highest BCUT2D eigenvalue weighted by Gasteiger charge is 2.09. The number of hydrogen-bond donors (Lipinski definition) is 0. The third-order valence-corrected chi connectivity index (χ3v) is 4.09. The number of methoxy groups -OCH3 is 2. The molecular formula is C22H29NO2. The lowest BCUT2D eigenvalue weighted by atomic mass is 10.0. The van der Waals surface area contributed by atoms with Crippen LogP contribution in [0.3, 0.4) is 0 Å². The van der Waals surface area contributed by atoms with E-state index in [9.17, 15) is 0 Å². The van der Waals surface area contributed by atoms with Crippen molar-refractivity contribution in [3.05, 3.63) is 77.4 Å². The average Bonchev–Trinajstić information content (AvgIpc) is 2.65. The van der Waals surface area contributed by atoms with Crippen LogP contribution in [0.2, 0.25) is 0 Å². The molecule has 0 saturated heterocycles. The van der Waals surface area contributed by atoms with Crippen molar-refractivity contribution in [1.82, 2.24) is 4.90 Å². The molecule has 2 aromatic carbocycles. The van der Waals surface area contributed by atoms with E-state index in [-0.39, 0.29) is 0 Å². The van der Waals surface area contributed by atoms with Crippen LogP contribution in [0.25, 0.3) is 6.08 Å². The number of benzene rings is 2. The second-order valence-corrected chi connectivity index (χ2v) is 6.14. The minimum Gasteiger partial charge on any atom is -0.383 e. The van der Waals surface area contributed by atoms with Crippen molar-refractivity contribution in [3.63, 3.8) is 0 Å². The third-order valence-electron chi connectivity index (χ3n) is 4.09. The fraction of sp³-hybridized carbons (Fsp3) is 0.364. The number of hydrogen-bond acceptors (Lipinski definition) is 3. The summed E-state index contributed by atoms with van der Waals surface area (Å²) in [5, 5.41) is 0. The molecule has 3 nitrogen and oxygen atoms in total. The summed E-state index contributed by atoms with van der Waals surface area (Å²) in [6.45, 7) is 4.18. The summed E-state index contributed by atoms with van der Waals surface area (Å²) in [5.41, 5.74) is 3.97. The summed E-state index contributed by atoms with van der Waals surface area (Å²) in [7, 11) is 3.50. The van der Waals surface area contributed by atoms with Gasteiger partial charge in [-0.2, -0.15) is 0 Å². The molecule has 0 aliphatic carbocycles. The smallest absolute Gasteiger partial charge is 0.0589 e. The minimum absolute atomic E-state index is 0.730. The largest absolute Gasteiger partial charge is 0.383 e. The maximum Gasteiger partial charge on any atom is 0.0589 e. The standard InChI is InChI=1S/C22H29NO2/c1-24-15-13-23(14-16-25-2)19-22(17-20-9-5-3-6-10-20)18-21-11-7-4-8-12-21/h3-12,17H,13-16,18-19H2,1-2H3/b22-17-. The first-order valence-electron chi connectivity index (χ1n) is 8.80. The average molecular weight is 339 g/mol. The molecule has 0 N–H and O–H groups in total. The molecule has 3 heteroatoms. The molecule has 0 heterocycles. The summed E-state index contributed by atoms with van der Waals surface area (Å²) >= 11 is 0. The lowest BCUT2D eigenvalue weighted by molar-refractivity contribution is 0.119. The molecule has 0 fully saturated rings. The van der Waals surface area contributed by atoms with Gasteiger partial charge in [0.15, 0.2) is 0 Å². The number of nitrogens with zero attached hydrogens (tertiary/aromatic N) is 1. The van der Waals surface area contributed by atoms with Gasteiger partial charge in [-0.3, -0.25) is 4.90 Å². The van der Waals surface area contributed by atoms with Crippen molar-refractivity contribution in [3.8, 4) is 0 Å². The van der Waals surface area contributed by atoms with E-state index in [0.29, 0.717) is 0 Å². The second-order valence-electron chi connectivity index (χ2n) is 6.14. The summed E-state index contributed by atoms with van der Waals surface area (Å²) in [6.07, 6.45) is 3.26. The Morgan fingerprint density at radius 2 is 1.40 bits per heavy atom. The van der Waals surface area contributed by atoms with Gasteiger partial charge in [-0.15, -0.1) is 0 Å². The molecule has 0 unspecified atom stereocenters. The Balaban J connectivity index is 2.15. The lowest BCUT2D eigenvalue weighted by Gasteiger charge is -2.23. The first-order valence-corrected chi connectivity index (χ1v) is 8.80. The minimum atomic E-state index is 0.730. The van der Waals surface area contributed by atoms with Crippen LogP contribution in [0.4, 0.5) is 0 Å². The van der Waals surface area contributed by atoms with Crippen molar-refractivity contribution >= 4 is 6.08 Å². The first-order chi connectivity index (χ1) is 12.3. The van der Waals surface area contributed by atoms with E-state index in [4.69, 9.17) is 9.47 Å². The van der Waals surface area contributed by atoms with E-state index in [1.807, 2.05) is 0 Å². The van der Waals surface area contributed by atoms with Crippen LogP contribution >= 0.6 is 0 Å². The Morgan fingerprint density at radius 3 is 1.96 bits per heavy atom. The van der Waals surface area contributed by atoms with Gasteiger partial charge >= 0.3 is 0 Å². The Hall–Kier alpha value is -1.94. The van der Waals surface area contributed by atoms with E-state index in [1.165, 1.54) is 16.7 Å². The predicted molar refractivity (Wildman–Crippen MR) is 105 cm³/mol. The molecule has 0 atom stereocenters. The Kier molecular flexibility index (Phi) is 8.98. The van der Waals surface area contributed by atoms with Gasteiger partial charge in [0.1, 0.15) is 0 Å². The molecule has 2 rings (SSSR count). The maximum atomic E-state index is 5.27. The van der Waals surface area contributed by atoms with E-state index in [0.717, 1.165) is 39.3 Å². The topological polar surface area (TPSA) is 21.7 Å². The van der Waals surface area contributed by atoms with Gasteiger partial charge in [0.25, 0.3) is 0 Å². The molecule has 2 aromatic rings. The Labute approximate surface area is 151 Å². The molecule has 0 saturated carbocycles. The molecule has 25 heavy (non-hydrogen) atoms. The van der Waals surface area contributed by atoms with E-state index < -0.39 is 0 Å². The van der Waals surface area contributed by atoms with Gasteiger partial charge in [0.2, 0.25) is 0 Å². The van der Waals surface area contributed by atoms with E-state index in [2.05, 4.69) is 71.6 Å². The van der Waals surface area contributed by atoms with Crippen LogP contribution < -0.4 is 0 Å². The molecule has 0 spiro atoms. The molecule has 0 amide bonds. The van der Waals surface area contributed by atoms with Gasteiger partial charge in [-0.25, -0.2) is 0 Å². The maximum absolute atomic E-state index is 5.27. The second kappa shape index (κ2) is 11.6. The summed E-state index contributed by atoms with van der Waals surface area (Å²) < 4.78 is 10.5. The molecular weight excluding hydrogens is 310 g/mol. The van der Waals surface area contributed by atoms with Crippen LogP contribution in [-0.2, 0) is 15.9 Å². The highest BCUT2D eigenvalue weighted by atomic mass is 16.5. The molecule has 0 aromatic heterocycles. The summed E-state index contributed by atoms with van der Waals surface area (Å²) in [5.74, 6) is 0. The number of ether oxygens (including phenoxy) is 2. The third kappa shape index (κ3) is 7.65. The molecule has 0 radical (unpaired) electrons. The zero-order chi connectivity index (χ0) is 17.7. The van der Waals surface area contributed by atoms with E-state index >= 15 is 0 Å². The van der Waals surface area contributed by atoms with Gasteiger partial charge in [0.05, 0.1) is 13.2 Å². The Morgan fingerprint density at radius 1 is 0.840 bits per heavy atom. The van der Waals surface area contributed by atoms with Crippen molar-refractivity contribution in [2.75, 3.05) is 47.1 Å². The highest BCUT2D eigenvalue weighted by molar-refractivity contribution is 5.54. The van der Waals surface area contributed by atoms with Crippen LogP contribution in [0.15, 0.2) is 66.2 Å². The van der Waals surface area contributed by atoms with Gasteiger partial charge in [-0.1, -0.05) is 72.3 Å². The fourth-order valence-corrected chi connectivity index (χ4v) is 2.79. The lowest BCUT2D eigenvalue weighted by Crippen LogP contribution is -2.32. The zero-order valence-electron chi connectivity index (χ0n) is 15.4. The normalized spacial score (nSPS) is 11.9. The van der Waals surface area contributed by atoms with Gasteiger partial charge in [-0.05, 0) is 17.5 Å². The number of rotatable bonds is 11. The molecule has 0 aliphatic heterocycles. The first kappa shape index (κ1) is 19.4. The van der Waals surface area contributed by atoms with Crippen molar-refractivity contribution < 1.29 is 9.47 Å². The summed E-state index contributed by atoms with van der Waals surface area (Å²) in [6, 6.07) is 21.2. The van der Waals surface area contributed by atoms with Crippen LogP contribution in [0.1, 0.15) is 11.1 Å².